The van der Waals surface area contributed by atoms with Crippen molar-refractivity contribution in [2.24, 2.45) is 40.4 Å². The Kier molecular flexibility index (Phi) is 4.68. The van der Waals surface area contributed by atoms with Crippen LogP contribution in [-0.2, 0) is 9.59 Å². The van der Waals surface area contributed by atoms with Crippen LogP contribution in [0, 0.1) is 40.4 Å². The van der Waals surface area contributed by atoms with E-state index in [9.17, 15) is 19.8 Å². The summed E-state index contributed by atoms with van der Waals surface area (Å²) in [5.41, 5.74) is -0.856. The third kappa shape index (κ3) is 2.55. The van der Waals surface area contributed by atoms with Crippen LogP contribution in [0.25, 0.3) is 0 Å². The number of allylic oxidation sites excluding steroid dienone is 4. The Morgan fingerprint density at radius 2 is 2.04 bits per heavy atom. The van der Waals surface area contributed by atoms with E-state index in [0.717, 1.165) is 6.42 Å². The molecule has 154 valence electrons. The quantitative estimate of drug-likeness (QED) is 0.733. The fourth-order valence-corrected chi connectivity index (χ4v) is 7.83. The van der Waals surface area contributed by atoms with Crippen molar-refractivity contribution in [1.29, 1.82) is 0 Å². The summed E-state index contributed by atoms with van der Waals surface area (Å²) in [5.74, 6) is -1.09. The van der Waals surface area contributed by atoms with Crippen LogP contribution in [0.5, 0.6) is 0 Å². The molecule has 28 heavy (non-hydrogen) atoms. The molecule has 4 rings (SSSR count). The van der Waals surface area contributed by atoms with Gasteiger partial charge in [-0.15, -0.1) is 0 Å². The molecular weight excluding hydrogens is 383 g/mol. The van der Waals surface area contributed by atoms with Gasteiger partial charge in [-0.05, 0) is 54.1 Å². The molecule has 0 aromatic carbocycles. The lowest BCUT2D eigenvalue weighted by molar-refractivity contribution is -0.144. The zero-order valence-electron chi connectivity index (χ0n) is 16.5. The Morgan fingerprint density at radius 3 is 2.68 bits per heavy atom. The Hall–Kier alpha value is -1.04. The molecular formula is C22H28ClFO4. The van der Waals surface area contributed by atoms with E-state index in [1.807, 2.05) is 20.8 Å². The van der Waals surface area contributed by atoms with Crippen LogP contribution in [0.15, 0.2) is 22.8 Å². The Bertz CT molecular complexity index is 791. The standard InChI is InChI=1S/C22H28ClFO4/c1-10-4-12-11-5-15(24)13-6-16(26)14(23)7-21(13,2)20(11)17(27)8-22(12,3)19(10)18(28)9-25/h6-7,10-12,15,17,19-20,25,27H,4-5,8-9H2,1-3H3/t10-,11?,12?,15+,17?,19-,20?,21+,22+/m1/s1. The second kappa shape index (κ2) is 6.48. The largest absolute Gasteiger partial charge is 0.393 e. The highest BCUT2D eigenvalue weighted by atomic mass is 35.5. The molecule has 0 amide bonds. The van der Waals surface area contributed by atoms with Gasteiger partial charge in [-0.2, -0.15) is 0 Å². The van der Waals surface area contributed by atoms with Gasteiger partial charge in [-0.25, -0.2) is 4.39 Å². The lowest BCUT2D eigenvalue weighted by Gasteiger charge is -2.59. The number of carbonyl (C=O) groups excluding carboxylic acids is 2. The maximum absolute atomic E-state index is 15.3. The lowest BCUT2D eigenvalue weighted by Crippen LogP contribution is -2.58. The highest BCUT2D eigenvalue weighted by molar-refractivity contribution is 6.44. The molecule has 0 aromatic heterocycles. The second-order valence-electron chi connectivity index (χ2n) is 9.83. The summed E-state index contributed by atoms with van der Waals surface area (Å²) in [4.78, 5) is 24.5. The number of aliphatic hydroxyl groups excluding tert-OH is 2. The molecule has 4 aliphatic rings. The van der Waals surface area contributed by atoms with E-state index in [2.05, 4.69) is 0 Å². The van der Waals surface area contributed by atoms with Crippen molar-refractivity contribution in [3.05, 3.63) is 22.8 Å². The Balaban J connectivity index is 1.79. The van der Waals surface area contributed by atoms with E-state index in [0.29, 0.717) is 12.0 Å². The number of carbonyl (C=O) groups is 2. The molecule has 4 aliphatic carbocycles. The second-order valence-corrected chi connectivity index (χ2v) is 10.2. The van der Waals surface area contributed by atoms with Gasteiger partial charge in [0.25, 0.3) is 0 Å². The van der Waals surface area contributed by atoms with Crippen LogP contribution >= 0.6 is 11.6 Å². The van der Waals surface area contributed by atoms with Crippen LogP contribution in [0.1, 0.15) is 40.0 Å². The molecule has 4 unspecified atom stereocenters. The molecule has 6 heteroatoms. The predicted molar refractivity (Wildman–Crippen MR) is 103 cm³/mol. The third-order valence-electron chi connectivity index (χ3n) is 8.38. The zero-order valence-corrected chi connectivity index (χ0v) is 17.2. The minimum absolute atomic E-state index is 0.0766. The average Bonchev–Trinajstić information content (AvgIpc) is 2.86. The first-order valence-corrected chi connectivity index (χ1v) is 10.5. The van der Waals surface area contributed by atoms with Crippen molar-refractivity contribution < 1.29 is 24.2 Å². The third-order valence-corrected chi connectivity index (χ3v) is 8.67. The molecule has 2 N–H and O–H groups in total. The first kappa shape index (κ1) is 20.2. The predicted octanol–water partition coefficient (Wildman–Crippen LogP) is 3.20. The number of ketones is 2. The molecule has 3 saturated carbocycles. The van der Waals surface area contributed by atoms with Crippen LogP contribution in [0.4, 0.5) is 4.39 Å². The fraction of sp³-hybridized carbons (Fsp3) is 0.727. The van der Waals surface area contributed by atoms with Gasteiger partial charge in [0, 0.05) is 17.3 Å². The number of alkyl halides is 1. The van der Waals surface area contributed by atoms with Crippen molar-refractivity contribution in [2.45, 2.75) is 52.3 Å². The SMILES string of the molecule is C[C@@H]1CC2C3C[C@H](F)C4=CC(=O)C(Cl)=C[C@]4(C)C3C(O)C[C@]2(C)[C@H]1C(=O)CO. The van der Waals surface area contributed by atoms with Crippen LogP contribution in [0.3, 0.4) is 0 Å². The van der Waals surface area contributed by atoms with E-state index >= 15 is 4.39 Å². The normalized spacial score (nSPS) is 50.2. The summed E-state index contributed by atoms with van der Waals surface area (Å²) in [6, 6.07) is 0. The number of hydrogen-bond acceptors (Lipinski definition) is 4. The molecule has 4 nitrogen and oxygen atoms in total. The number of Topliss-reactive ketones (excluding diaryl/α,β-unsaturated/α-hetero) is 1. The van der Waals surface area contributed by atoms with Crippen LogP contribution < -0.4 is 0 Å². The Morgan fingerprint density at radius 1 is 1.36 bits per heavy atom. The Labute approximate surface area is 169 Å². The van der Waals surface area contributed by atoms with E-state index in [-0.39, 0.29) is 52.6 Å². The number of hydrogen-bond donors (Lipinski definition) is 2. The molecule has 0 bridgehead atoms. The van der Waals surface area contributed by atoms with E-state index in [4.69, 9.17) is 11.6 Å². The molecule has 3 fully saturated rings. The summed E-state index contributed by atoms with van der Waals surface area (Å²) < 4.78 is 15.3. The molecule has 0 spiro atoms. The fourth-order valence-electron chi connectivity index (χ4n) is 7.55. The van der Waals surface area contributed by atoms with Crippen LogP contribution in [0.2, 0.25) is 0 Å². The number of fused-ring (bicyclic) bond motifs is 5. The van der Waals surface area contributed by atoms with E-state index in [1.165, 1.54) is 6.08 Å². The highest BCUT2D eigenvalue weighted by Gasteiger charge is 2.65. The average molecular weight is 411 g/mol. The summed E-state index contributed by atoms with van der Waals surface area (Å²) in [6.07, 6.45) is 2.40. The van der Waals surface area contributed by atoms with Gasteiger partial charge in [-0.1, -0.05) is 38.4 Å². The van der Waals surface area contributed by atoms with Gasteiger partial charge in [-0.3, -0.25) is 9.59 Å². The van der Waals surface area contributed by atoms with Crippen LogP contribution in [-0.4, -0.2) is 40.7 Å². The number of rotatable bonds is 2. The van der Waals surface area contributed by atoms with Gasteiger partial charge in [0.15, 0.2) is 11.6 Å². The summed E-state index contributed by atoms with van der Waals surface area (Å²) in [7, 11) is 0. The number of aliphatic hydroxyl groups is 2. The maximum Gasteiger partial charge on any atom is 0.196 e. The number of halogens is 2. The van der Waals surface area contributed by atoms with E-state index in [1.54, 1.807) is 6.08 Å². The van der Waals surface area contributed by atoms with Gasteiger partial charge >= 0.3 is 0 Å². The molecule has 0 heterocycles. The topological polar surface area (TPSA) is 74.6 Å². The first-order valence-electron chi connectivity index (χ1n) is 10.1. The summed E-state index contributed by atoms with van der Waals surface area (Å²) in [5, 5.41) is 20.8. The maximum atomic E-state index is 15.3. The smallest absolute Gasteiger partial charge is 0.196 e. The molecule has 9 atom stereocenters. The molecule has 0 radical (unpaired) electrons. The van der Waals surface area contributed by atoms with Gasteiger partial charge in [0.2, 0.25) is 0 Å². The minimum Gasteiger partial charge on any atom is -0.393 e. The monoisotopic (exact) mass is 410 g/mol. The first-order chi connectivity index (χ1) is 13.0. The van der Waals surface area contributed by atoms with Gasteiger partial charge in [0.1, 0.15) is 12.8 Å². The van der Waals surface area contributed by atoms with Crippen molar-refractivity contribution in [3.63, 3.8) is 0 Å². The summed E-state index contributed by atoms with van der Waals surface area (Å²) in [6.45, 7) is 5.41. The van der Waals surface area contributed by atoms with Gasteiger partial charge < -0.3 is 10.2 Å². The van der Waals surface area contributed by atoms with Crippen molar-refractivity contribution in [2.75, 3.05) is 6.61 Å². The van der Waals surface area contributed by atoms with Crippen molar-refractivity contribution >= 4 is 23.2 Å². The molecule has 0 saturated heterocycles. The minimum atomic E-state index is -1.27. The summed E-state index contributed by atoms with van der Waals surface area (Å²) >= 11 is 6.14. The highest BCUT2D eigenvalue weighted by Crippen LogP contribution is 2.67. The zero-order chi connectivity index (χ0) is 20.6. The van der Waals surface area contributed by atoms with Crippen molar-refractivity contribution in [1.82, 2.24) is 0 Å². The van der Waals surface area contributed by atoms with E-state index < -0.39 is 29.7 Å². The van der Waals surface area contributed by atoms with Crippen molar-refractivity contribution in [3.8, 4) is 0 Å². The lowest BCUT2D eigenvalue weighted by atomic mass is 9.46. The molecule has 0 aliphatic heterocycles. The van der Waals surface area contributed by atoms with Gasteiger partial charge in [0.05, 0.1) is 11.1 Å². The molecule has 0 aromatic rings.